The van der Waals surface area contributed by atoms with Crippen LogP contribution in [0.2, 0.25) is 0 Å². The summed E-state index contributed by atoms with van der Waals surface area (Å²) in [6, 6.07) is 7.16. The minimum absolute atomic E-state index is 0. The third kappa shape index (κ3) is 3.88. The zero-order valence-corrected chi connectivity index (χ0v) is 11.3. The maximum atomic E-state index is 9.12. The van der Waals surface area contributed by atoms with Crippen molar-refractivity contribution in [3.8, 4) is 5.75 Å². The van der Waals surface area contributed by atoms with Crippen LogP contribution >= 0.6 is 24.0 Å². The van der Waals surface area contributed by atoms with E-state index in [4.69, 9.17) is 5.11 Å². The molecule has 88 valence electrons. The summed E-state index contributed by atoms with van der Waals surface area (Å²) < 4.78 is 0. The molecule has 2 rings (SSSR count). The van der Waals surface area contributed by atoms with Crippen LogP contribution in [0, 0.1) is 0 Å². The first-order valence-corrected chi connectivity index (χ1v) is 5.15. The van der Waals surface area contributed by atoms with Crippen LogP contribution in [-0.2, 0) is 6.54 Å². The normalized spacial score (nSPS) is 14.4. The Morgan fingerprint density at radius 1 is 1.31 bits per heavy atom. The van der Waals surface area contributed by atoms with Gasteiger partial charge in [-0.05, 0) is 24.1 Å². The molecule has 4 nitrogen and oxygen atoms in total. The largest absolute Gasteiger partial charge is 0.508 e. The van der Waals surface area contributed by atoms with Gasteiger partial charge in [-0.15, -0.1) is 24.0 Å². The summed E-state index contributed by atoms with van der Waals surface area (Å²) in [5.41, 5.74) is 1.13. The molecule has 0 fully saturated rings. The van der Waals surface area contributed by atoms with Gasteiger partial charge in [0.05, 0.1) is 0 Å². The highest BCUT2D eigenvalue weighted by molar-refractivity contribution is 14.0. The number of guanidine groups is 1. The molecule has 0 saturated heterocycles. The summed E-state index contributed by atoms with van der Waals surface area (Å²) >= 11 is 0. The molecule has 0 unspecified atom stereocenters. The SMILES string of the molecule is I.Oc1ccc(CNC2=NCCCN2)cc1. The second-order valence-corrected chi connectivity index (χ2v) is 3.53. The van der Waals surface area contributed by atoms with Crippen LogP contribution in [0.3, 0.4) is 0 Å². The zero-order chi connectivity index (χ0) is 10.5. The second-order valence-electron chi connectivity index (χ2n) is 3.53. The number of nitrogens with one attached hydrogen (secondary N) is 2. The lowest BCUT2D eigenvalue weighted by Gasteiger charge is -2.15. The van der Waals surface area contributed by atoms with Gasteiger partial charge < -0.3 is 15.7 Å². The molecule has 0 aromatic heterocycles. The molecule has 0 bridgehead atoms. The third-order valence-electron chi connectivity index (χ3n) is 2.29. The molecule has 0 atom stereocenters. The van der Waals surface area contributed by atoms with Gasteiger partial charge >= 0.3 is 0 Å². The van der Waals surface area contributed by atoms with E-state index in [-0.39, 0.29) is 24.0 Å². The smallest absolute Gasteiger partial charge is 0.191 e. The maximum absolute atomic E-state index is 9.12. The molecule has 1 aromatic carbocycles. The summed E-state index contributed by atoms with van der Waals surface area (Å²) in [6.07, 6.45) is 1.10. The maximum Gasteiger partial charge on any atom is 0.191 e. The van der Waals surface area contributed by atoms with Gasteiger partial charge in [0.25, 0.3) is 0 Å². The quantitative estimate of drug-likeness (QED) is 0.718. The van der Waals surface area contributed by atoms with Crippen molar-refractivity contribution in [3.05, 3.63) is 29.8 Å². The average molecular weight is 333 g/mol. The molecule has 1 heterocycles. The fraction of sp³-hybridized carbons (Fsp3) is 0.364. The first-order valence-electron chi connectivity index (χ1n) is 5.15. The lowest BCUT2D eigenvalue weighted by atomic mass is 10.2. The van der Waals surface area contributed by atoms with E-state index < -0.39 is 0 Å². The number of phenolic OH excluding ortho intramolecular Hbond substituents is 1. The fourth-order valence-electron chi connectivity index (χ4n) is 1.45. The molecule has 1 aromatic rings. The van der Waals surface area contributed by atoms with E-state index >= 15 is 0 Å². The van der Waals surface area contributed by atoms with Crippen molar-refractivity contribution in [2.45, 2.75) is 13.0 Å². The van der Waals surface area contributed by atoms with Crippen molar-refractivity contribution in [1.82, 2.24) is 10.6 Å². The molecule has 0 amide bonds. The van der Waals surface area contributed by atoms with E-state index in [0.29, 0.717) is 5.75 Å². The van der Waals surface area contributed by atoms with Crippen LogP contribution in [-0.4, -0.2) is 24.2 Å². The minimum atomic E-state index is 0. The highest BCUT2D eigenvalue weighted by atomic mass is 127. The number of halogens is 1. The number of hydrogen-bond acceptors (Lipinski definition) is 4. The van der Waals surface area contributed by atoms with Crippen molar-refractivity contribution >= 4 is 29.9 Å². The average Bonchev–Trinajstić information content (AvgIpc) is 2.30. The Labute approximate surface area is 112 Å². The van der Waals surface area contributed by atoms with Crippen LogP contribution in [0.5, 0.6) is 5.75 Å². The van der Waals surface area contributed by atoms with Gasteiger partial charge in [0.15, 0.2) is 5.96 Å². The van der Waals surface area contributed by atoms with Gasteiger partial charge in [0.2, 0.25) is 0 Å². The topological polar surface area (TPSA) is 56.6 Å². The number of hydrogen-bond donors (Lipinski definition) is 3. The molecule has 0 radical (unpaired) electrons. The van der Waals surface area contributed by atoms with Crippen molar-refractivity contribution < 1.29 is 5.11 Å². The summed E-state index contributed by atoms with van der Waals surface area (Å²) in [5, 5.41) is 15.5. The Kier molecular flexibility index (Phi) is 5.37. The van der Waals surface area contributed by atoms with Gasteiger partial charge in [0.1, 0.15) is 5.75 Å². The Morgan fingerprint density at radius 2 is 2.06 bits per heavy atom. The zero-order valence-electron chi connectivity index (χ0n) is 8.94. The summed E-state index contributed by atoms with van der Waals surface area (Å²) in [4.78, 5) is 4.31. The number of aliphatic imine (C=N–C) groups is 1. The highest BCUT2D eigenvalue weighted by Crippen LogP contribution is 2.09. The van der Waals surface area contributed by atoms with E-state index in [1.807, 2.05) is 12.1 Å². The predicted molar refractivity (Wildman–Crippen MR) is 75.3 cm³/mol. The van der Waals surface area contributed by atoms with E-state index in [1.165, 1.54) is 0 Å². The molecular formula is C11H16IN3O. The number of rotatable bonds is 2. The molecule has 16 heavy (non-hydrogen) atoms. The van der Waals surface area contributed by atoms with Crippen LogP contribution in [0.25, 0.3) is 0 Å². The number of phenols is 1. The van der Waals surface area contributed by atoms with Crippen molar-refractivity contribution in [2.75, 3.05) is 13.1 Å². The first kappa shape index (κ1) is 13.1. The van der Waals surface area contributed by atoms with Crippen molar-refractivity contribution in [1.29, 1.82) is 0 Å². The van der Waals surface area contributed by atoms with Crippen LogP contribution in [0.1, 0.15) is 12.0 Å². The summed E-state index contributed by atoms with van der Waals surface area (Å²) in [6.45, 7) is 2.61. The van der Waals surface area contributed by atoms with Gasteiger partial charge in [0, 0.05) is 19.6 Å². The Balaban J connectivity index is 0.00000128. The molecule has 0 saturated carbocycles. The van der Waals surface area contributed by atoms with Crippen LogP contribution in [0.4, 0.5) is 0 Å². The Bertz CT molecular complexity index is 351. The molecule has 3 N–H and O–H groups in total. The Hall–Kier alpha value is -0.980. The number of aromatic hydroxyl groups is 1. The monoisotopic (exact) mass is 333 g/mol. The third-order valence-corrected chi connectivity index (χ3v) is 2.29. The summed E-state index contributed by atoms with van der Waals surface area (Å²) in [7, 11) is 0. The molecule has 1 aliphatic heterocycles. The van der Waals surface area contributed by atoms with Crippen LogP contribution < -0.4 is 10.6 Å². The number of nitrogens with zero attached hydrogens (tertiary/aromatic N) is 1. The highest BCUT2D eigenvalue weighted by Gasteiger charge is 2.02. The van der Waals surface area contributed by atoms with Gasteiger partial charge in [-0.2, -0.15) is 0 Å². The van der Waals surface area contributed by atoms with Crippen molar-refractivity contribution in [2.24, 2.45) is 4.99 Å². The van der Waals surface area contributed by atoms with Gasteiger partial charge in [-0.25, -0.2) is 0 Å². The predicted octanol–water partition coefficient (Wildman–Crippen LogP) is 1.45. The van der Waals surface area contributed by atoms with E-state index in [0.717, 1.165) is 37.6 Å². The number of benzene rings is 1. The van der Waals surface area contributed by atoms with E-state index in [2.05, 4.69) is 15.6 Å². The second kappa shape index (κ2) is 6.57. The standard InChI is InChI=1S/C11H15N3O.HI/c15-10-4-2-9(3-5-10)8-14-11-12-6-1-7-13-11;/h2-5,15H,1,6-8H2,(H2,12,13,14);1H. The first-order chi connectivity index (χ1) is 7.34. The van der Waals surface area contributed by atoms with Crippen LogP contribution in [0.15, 0.2) is 29.3 Å². The Morgan fingerprint density at radius 3 is 2.69 bits per heavy atom. The summed E-state index contributed by atoms with van der Waals surface area (Å²) in [5.74, 6) is 1.17. The lowest BCUT2D eigenvalue weighted by Crippen LogP contribution is -2.40. The van der Waals surface area contributed by atoms with Gasteiger partial charge in [-0.3, -0.25) is 4.99 Å². The fourth-order valence-corrected chi connectivity index (χ4v) is 1.45. The molecular weight excluding hydrogens is 317 g/mol. The van der Waals surface area contributed by atoms with Crippen molar-refractivity contribution in [3.63, 3.8) is 0 Å². The lowest BCUT2D eigenvalue weighted by molar-refractivity contribution is 0.475. The molecule has 0 aliphatic carbocycles. The molecule has 5 heteroatoms. The van der Waals surface area contributed by atoms with E-state index in [1.54, 1.807) is 12.1 Å². The molecule has 0 spiro atoms. The minimum Gasteiger partial charge on any atom is -0.508 e. The molecule has 1 aliphatic rings. The van der Waals surface area contributed by atoms with E-state index in [9.17, 15) is 0 Å². The van der Waals surface area contributed by atoms with Gasteiger partial charge in [-0.1, -0.05) is 12.1 Å².